The fourth-order valence-electron chi connectivity index (χ4n) is 4.47. The minimum Gasteiger partial charge on any atom is -0.482 e. The predicted molar refractivity (Wildman–Crippen MR) is 130 cm³/mol. The van der Waals surface area contributed by atoms with Crippen LogP contribution in [-0.4, -0.2) is 40.1 Å². The van der Waals surface area contributed by atoms with E-state index in [1.807, 2.05) is 71.3 Å². The number of imidazole rings is 1. The van der Waals surface area contributed by atoms with Crippen LogP contribution in [0.15, 0.2) is 77.6 Å². The van der Waals surface area contributed by atoms with E-state index in [9.17, 15) is 9.59 Å². The number of amides is 1. The number of nitrogens with zero attached hydrogens (tertiary/aromatic N) is 2. The van der Waals surface area contributed by atoms with Crippen LogP contribution in [0.3, 0.4) is 0 Å². The Balaban J connectivity index is 1.19. The first-order valence-electron chi connectivity index (χ1n) is 11.0. The summed E-state index contributed by atoms with van der Waals surface area (Å²) in [4.78, 5) is 29.9. The van der Waals surface area contributed by atoms with E-state index in [-0.39, 0.29) is 24.2 Å². The molecule has 0 unspecified atom stereocenters. The van der Waals surface area contributed by atoms with Crippen LogP contribution in [0.25, 0.3) is 22.2 Å². The van der Waals surface area contributed by atoms with E-state index in [4.69, 9.17) is 16.3 Å². The van der Waals surface area contributed by atoms with Gasteiger partial charge in [-0.2, -0.15) is 0 Å². The first-order chi connectivity index (χ1) is 16.1. The summed E-state index contributed by atoms with van der Waals surface area (Å²) in [5, 5.41) is 0.474. The number of hydrogen-bond acceptors (Lipinski definition) is 3. The zero-order valence-corrected chi connectivity index (χ0v) is 18.8. The molecule has 0 bridgehead atoms. The number of benzene rings is 3. The van der Waals surface area contributed by atoms with Crippen molar-refractivity contribution in [3.8, 4) is 16.9 Å². The highest BCUT2D eigenvalue weighted by Crippen LogP contribution is 2.31. The molecule has 1 aliphatic heterocycles. The molecular formula is C26H24ClN3O3. The number of rotatable bonds is 5. The number of carbonyl (C=O) groups is 1. The van der Waals surface area contributed by atoms with E-state index in [1.54, 1.807) is 11.0 Å². The topological polar surface area (TPSA) is 67.3 Å². The molecule has 5 rings (SSSR count). The summed E-state index contributed by atoms with van der Waals surface area (Å²) in [6.45, 7) is 1.10. The van der Waals surface area contributed by atoms with Crippen LogP contribution in [0.1, 0.15) is 18.9 Å². The van der Waals surface area contributed by atoms with Gasteiger partial charge in [-0.1, -0.05) is 60.1 Å². The second kappa shape index (κ2) is 9.16. The van der Waals surface area contributed by atoms with Gasteiger partial charge < -0.3 is 14.6 Å². The Morgan fingerprint density at radius 2 is 1.70 bits per heavy atom. The molecule has 4 aromatic rings. The summed E-state index contributed by atoms with van der Waals surface area (Å²) in [5.41, 5.74) is 3.71. The van der Waals surface area contributed by atoms with Gasteiger partial charge in [-0.05, 0) is 48.2 Å². The number of ether oxygens (including phenoxy) is 1. The Morgan fingerprint density at radius 1 is 0.970 bits per heavy atom. The predicted octanol–water partition coefficient (Wildman–Crippen LogP) is 4.89. The Morgan fingerprint density at radius 3 is 2.45 bits per heavy atom. The Kier molecular flexibility index (Phi) is 5.92. The van der Waals surface area contributed by atoms with Gasteiger partial charge in [-0.25, -0.2) is 4.79 Å². The van der Waals surface area contributed by atoms with E-state index in [0.717, 1.165) is 35.0 Å². The molecule has 1 N–H and O–H groups in total. The van der Waals surface area contributed by atoms with Crippen molar-refractivity contribution in [2.24, 2.45) is 0 Å². The normalized spacial score (nSPS) is 14.5. The minimum atomic E-state index is -0.0992. The number of nitrogens with one attached hydrogen (secondary N) is 1. The first kappa shape index (κ1) is 21.3. The number of para-hydroxylation sites is 2. The van der Waals surface area contributed by atoms with Gasteiger partial charge in [0.25, 0.3) is 5.91 Å². The van der Waals surface area contributed by atoms with Crippen LogP contribution in [0.5, 0.6) is 5.75 Å². The molecular weight excluding hydrogens is 438 g/mol. The van der Waals surface area contributed by atoms with Crippen LogP contribution in [0.4, 0.5) is 0 Å². The van der Waals surface area contributed by atoms with Crippen LogP contribution >= 0.6 is 11.6 Å². The third-order valence-corrected chi connectivity index (χ3v) is 6.49. The second-order valence-corrected chi connectivity index (χ2v) is 8.64. The number of piperidine rings is 1. The summed E-state index contributed by atoms with van der Waals surface area (Å²) in [6.07, 6.45) is 1.44. The lowest BCUT2D eigenvalue weighted by atomic mass is 10.0. The van der Waals surface area contributed by atoms with Crippen LogP contribution in [0, 0.1) is 0 Å². The molecule has 1 aromatic heterocycles. The van der Waals surface area contributed by atoms with Gasteiger partial charge in [0.1, 0.15) is 5.75 Å². The fraction of sp³-hybridized carbons (Fsp3) is 0.231. The standard InChI is InChI=1S/C26H24ClN3O3/c27-21-16-19(18-6-2-1-3-7-18)10-11-24(21)33-17-25(31)29-14-12-20(13-15-29)30-23-9-5-4-8-22(23)28-26(30)32/h1-11,16,20H,12-15,17H2,(H,28,32). The molecule has 1 saturated heterocycles. The van der Waals surface area contributed by atoms with E-state index in [0.29, 0.717) is 23.9 Å². The van der Waals surface area contributed by atoms with Crippen molar-refractivity contribution < 1.29 is 9.53 Å². The second-order valence-electron chi connectivity index (χ2n) is 8.23. The Bertz CT molecular complexity index is 1340. The molecule has 0 aliphatic carbocycles. The van der Waals surface area contributed by atoms with Gasteiger partial charge in [0.2, 0.25) is 0 Å². The number of H-pyrrole nitrogens is 1. The quantitative estimate of drug-likeness (QED) is 0.460. The van der Waals surface area contributed by atoms with Crippen molar-refractivity contribution in [2.75, 3.05) is 19.7 Å². The molecule has 0 atom stereocenters. The van der Waals surface area contributed by atoms with Crippen LogP contribution in [0.2, 0.25) is 5.02 Å². The monoisotopic (exact) mass is 461 g/mol. The number of aromatic nitrogens is 2. The molecule has 0 spiro atoms. The van der Waals surface area contributed by atoms with Crippen LogP contribution in [-0.2, 0) is 4.79 Å². The molecule has 33 heavy (non-hydrogen) atoms. The number of carbonyl (C=O) groups excluding carboxylic acids is 1. The maximum absolute atomic E-state index is 12.7. The number of likely N-dealkylation sites (tertiary alicyclic amines) is 1. The molecule has 1 amide bonds. The van der Waals surface area contributed by atoms with Gasteiger partial charge in [-0.15, -0.1) is 0 Å². The van der Waals surface area contributed by atoms with Gasteiger partial charge in [0.15, 0.2) is 6.61 Å². The summed E-state index contributed by atoms with van der Waals surface area (Å²) >= 11 is 6.40. The van der Waals surface area contributed by atoms with Gasteiger partial charge in [0, 0.05) is 19.1 Å². The minimum absolute atomic E-state index is 0.0674. The highest BCUT2D eigenvalue weighted by Gasteiger charge is 2.26. The highest BCUT2D eigenvalue weighted by molar-refractivity contribution is 6.32. The van der Waals surface area contributed by atoms with Gasteiger partial charge in [-0.3, -0.25) is 9.36 Å². The van der Waals surface area contributed by atoms with E-state index >= 15 is 0 Å². The first-order valence-corrected chi connectivity index (χ1v) is 11.4. The Hall–Kier alpha value is -3.51. The summed E-state index contributed by atoms with van der Waals surface area (Å²) in [6, 6.07) is 23.3. The molecule has 6 nitrogen and oxygen atoms in total. The number of hydrogen-bond donors (Lipinski definition) is 1. The largest absolute Gasteiger partial charge is 0.482 e. The highest BCUT2D eigenvalue weighted by atomic mass is 35.5. The third kappa shape index (κ3) is 4.39. The van der Waals surface area contributed by atoms with E-state index in [1.165, 1.54) is 0 Å². The molecule has 7 heteroatoms. The Labute approximate surface area is 196 Å². The number of fused-ring (bicyclic) bond motifs is 1. The third-order valence-electron chi connectivity index (χ3n) is 6.20. The van der Waals surface area contributed by atoms with Crippen molar-refractivity contribution in [2.45, 2.75) is 18.9 Å². The molecule has 1 fully saturated rings. The van der Waals surface area contributed by atoms with Crippen molar-refractivity contribution in [3.63, 3.8) is 0 Å². The molecule has 0 radical (unpaired) electrons. The smallest absolute Gasteiger partial charge is 0.326 e. The average Bonchev–Trinajstić information content (AvgIpc) is 3.19. The SMILES string of the molecule is O=C(COc1ccc(-c2ccccc2)cc1Cl)N1CCC(n2c(=O)[nH]c3ccccc32)CC1. The average molecular weight is 462 g/mol. The van der Waals surface area contributed by atoms with Crippen molar-refractivity contribution in [1.29, 1.82) is 0 Å². The van der Waals surface area contributed by atoms with E-state index in [2.05, 4.69) is 4.98 Å². The number of aromatic amines is 1. The summed E-state index contributed by atoms with van der Waals surface area (Å²) in [5.74, 6) is 0.410. The van der Waals surface area contributed by atoms with E-state index < -0.39 is 0 Å². The zero-order valence-electron chi connectivity index (χ0n) is 18.0. The van der Waals surface area contributed by atoms with Crippen molar-refractivity contribution in [3.05, 3.63) is 88.3 Å². The lowest BCUT2D eigenvalue weighted by molar-refractivity contribution is -0.134. The zero-order chi connectivity index (χ0) is 22.8. The molecule has 3 aromatic carbocycles. The van der Waals surface area contributed by atoms with Crippen molar-refractivity contribution in [1.82, 2.24) is 14.5 Å². The molecule has 168 valence electrons. The van der Waals surface area contributed by atoms with Gasteiger partial charge >= 0.3 is 5.69 Å². The lowest BCUT2D eigenvalue weighted by Crippen LogP contribution is -2.42. The molecule has 2 heterocycles. The summed E-state index contributed by atoms with van der Waals surface area (Å²) < 4.78 is 7.56. The molecule has 1 aliphatic rings. The van der Waals surface area contributed by atoms with Crippen molar-refractivity contribution >= 4 is 28.5 Å². The summed E-state index contributed by atoms with van der Waals surface area (Å²) in [7, 11) is 0. The maximum Gasteiger partial charge on any atom is 0.326 e. The lowest BCUT2D eigenvalue weighted by Gasteiger charge is -2.32. The van der Waals surface area contributed by atoms with Gasteiger partial charge in [0.05, 0.1) is 16.1 Å². The maximum atomic E-state index is 12.7. The van der Waals surface area contributed by atoms with Crippen LogP contribution < -0.4 is 10.4 Å². The number of halogens is 1. The molecule has 0 saturated carbocycles. The fourth-order valence-corrected chi connectivity index (χ4v) is 4.70.